The largest absolute Gasteiger partial charge is 0.370 e. The number of amides is 1. The highest BCUT2D eigenvalue weighted by atomic mass is 35.5. The molecule has 0 aliphatic carbocycles. The van der Waals surface area contributed by atoms with E-state index < -0.39 is 9.84 Å². The van der Waals surface area contributed by atoms with Crippen LogP contribution in [-0.4, -0.2) is 33.7 Å². The van der Waals surface area contributed by atoms with Crippen LogP contribution in [0.2, 0.25) is 5.02 Å². The van der Waals surface area contributed by atoms with Crippen LogP contribution in [0.25, 0.3) is 0 Å². The van der Waals surface area contributed by atoms with Crippen LogP contribution in [0.1, 0.15) is 23.2 Å². The molecular formula is C18H19ClN2O3S. The van der Waals surface area contributed by atoms with Crippen LogP contribution in [0.15, 0.2) is 47.4 Å². The van der Waals surface area contributed by atoms with Crippen molar-refractivity contribution in [2.45, 2.75) is 17.7 Å². The summed E-state index contributed by atoms with van der Waals surface area (Å²) < 4.78 is 23.6. The monoisotopic (exact) mass is 378 g/mol. The Morgan fingerprint density at radius 1 is 1.12 bits per heavy atom. The summed E-state index contributed by atoms with van der Waals surface area (Å²) >= 11 is 5.94. The minimum atomic E-state index is -3.50. The first-order valence-electron chi connectivity index (χ1n) is 8.01. The average molecular weight is 379 g/mol. The third-order valence-corrected chi connectivity index (χ3v) is 5.77. The molecule has 1 aliphatic rings. The number of sulfone groups is 1. The lowest BCUT2D eigenvalue weighted by Gasteiger charge is -2.21. The molecule has 1 N–H and O–H groups in total. The molecule has 25 heavy (non-hydrogen) atoms. The first-order valence-corrected chi connectivity index (χ1v) is 10.3. The van der Waals surface area contributed by atoms with E-state index in [1.807, 2.05) is 24.3 Å². The lowest BCUT2D eigenvalue weighted by Crippen LogP contribution is -2.21. The number of anilines is 2. The standard InChI is InChI=1S/C18H19ClN2O3S/c1-25(23,24)17-12-13(8-9-14(17)19)18(22)20-15-6-2-3-7-16(15)21-10-4-5-11-21/h2-3,6-9,12H,4-5,10-11H2,1H3,(H,20,22). The molecule has 0 radical (unpaired) electrons. The number of hydrogen-bond donors (Lipinski definition) is 1. The average Bonchev–Trinajstić information content (AvgIpc) is 3.09. The van der Waals surface area contributed by atoms with Gasteiger partial charge in [0.25, 0.3) is 5.91 Å². The smallest absolute Gasteiger partial charge is 0.255 e. The van der Waals surface area contributed by atoms with Gasteiger partial charge in [-0.25, -0.2) is 8.42 Å². The Labute approximate surface area is 152 Å². The predicted octanol–water partition coefficient (Wildman–Crippen LogP) is 3.60. The first kappa shape index (κ1) is 17.8. The van der Waals surface area contributed by atoms with Crippen LogP contribution in [0.4, 0.5) is 11.4 Å². The van der Waals surface area contributed by atoms with Crippen molar-refractivity contribution in [3.8, 4) is 0 Å². The highest BCUT2D eigenvalue weighted by molar-refractivity contribution is 7.90. The molecule has 0 saturated carbocycles. The molecule has 3 rings (SSSR count). The van der Waals surface area contributed by atoms with Crippen molar-refractivity contribution in [2.75, 3.05) is 29.6 Å². The van der Waals surface area contributed by atoms with Gasteiger partial charge in [0.2, 0.25) is 0 Å². The second-order valence-corrected chi connectivity index (χ2v) is 8.47. The third kappa shape index (κ3) is 3.96. The molecule has 0 atom stereocenters. The Morgan fingerprint density at radius 2 is 1.80 bits per heavy atom. The van der Waals surface area contributed by atoms with E-state index in [9.17, 15) is 13.2 Å². The summed E-state index contributed by atoms with van der Waals surface area (Å²) in [4.78, 5) is 14.8. The van der Waals surface area contributed by atoms with Gasteiger partial charge in [-0.05, 0) is 43.2 Å². The zero-order valence-electron chi connectivity index (χ0n) is 13.8. The quantitative estimate of drug-likeness (QED) is 0.882. The fourth-order valence-electron chi connectivity index (χ4n) is 2.94. The van der Waals surface area contributed by atoms with Crippen molar-refractivity contribution >= 4 is 38.7 Å². The summed E-state index contributed by atoms with van der Waals surface area (Å²) in [6, 6.07) is 11.9. The summed E-state index contributed by atoms with van der Waals surface area (Å²) in [5.74, 6) is -0.367. The maximum Gasteiger partial charge on any atom is 0.255 e. The molecule has 1 aliphatic heterocycles. The number of rotatable bonds is 4. The van der Waals surface area contributed by atoms with Crippen LogP contribution < -0.4 is 10.2 Å². The number of hydrogen-bond acceptors (Lipinski definition) is 4. The van der Waals surface area contributed by atoms with Crippen LogP contribution in [0.5, 0.6) is 0 Å². The van der Waals surface area contributed by atoms with Crippen LogP contribution >= 0.6 is 11.6 Å². The van der Waals surface area contributed by atoms with E-state index in [4.69, 9.17) is 11.6 Å². The van der Waals surface area contributed by atoms with E-state index in [-0.39, 0.29) is 21.4 Å². The number of carbonyl (C=O) groups excluding carboxylic acids is 1. The second-order valence-electron chi connectivity index (χ2n) is 6.08. The molecule has 0 aromatic heterocycles. The van der Waals surface area contributed by atoms with Gasteiger partial charge in [-0.1, -0.05) is 23.7 Å². The molecule has 5 nitrogen and oxygen atoms in total. The van der Waals surface area contributed by atoms with Crippen molar-refractivity contribution in [3.63, 3.8) is 0 Å². The van der Waals surface area contributed by atoms with E-state index >= 15 is 0 Å². The van der Waals surface area contributed by atoms with E-state index in [0.29, 0.717) is 5.69 Å². The Bertz CT molecular complexity index is 906. The van der Waals surface area contributed by atoms with Crippen LogP contribution in [0, 0.1) is 0 Å². The van der Waals surface area contributed by atoms with E-state index in [2.05, 4.69) is 10.2 Å². The van der Waals surface area contributed by atoms with Gasteiger partial charge in [-0.15, -0.1) is 0 Å². The molecule has 0 spiro atoms. The number of nitrogens with one attached hydrogen (secondary N) is 1. The molecule has 132 valence electrons. The minimum absolute atomic E-state index is 0.0466. The number of carbonyl (C=O) groups is 1. The zero-order chi connectivity index (χ0) is 18.0. The Morgan fingerprint density at radius 3 is 2.48 bits per heavy atom. The Balaban J connectivity index is 1.89. The lowest BCUT2D eigenvalue weighted by molar-refractivity contribution is 0.102. The van der Waals surface area contributed by atoms with Gasteiger partial charge in [0.15, 0.2) is 9.84 Å². The molecule has 7 heteroatoms. The maximum absolute atomic E-state index is 12.6. The maximum atomic E-state index is 12.6. The Hall–Kier alpha value is -2.05. The van der Waals surface area contributed by atoms with Gasteiger partial charge < -0.3 is 10.2 Å². The summed E-state index contributed by atoms with van der Waals surface area (Å²) in [7, 11) is -3.50. The molecule has 2 aromatic rings. The molecule has 1 amide bonds. The van der Waals surface area contributed by atoms with E-state index in [1.165, 1.54) is 18.2 Å². The molecule has 2 aromatic carbocycles. The van der Waals surface area contributed by atoms with Crippen molar-refractivity contribution in [1.29, 1.82) is 0 Å². The number of benzene rings is 2. The molecule has 0 bridgehead atoms. The zero-order valence-corrected chi connectivity index (χ0v) is 15.4. The Kier molecular flexibility index (Phi) is 5.01. The van der Waals surface area contributed by atoms with Crippen LogP contribution in [0.3, 0.4) is 0 Å². The van der Waals surface area contributed by atoms with Gasteiger partial charge in [-0.3, -0.25) is 4.79 Å². The lowest BCUT2D eigenvalue weighted by atomic mass is 10.2. The third-order valence-electron chi connectivity index (χ3n) is 4.19. The molecular weight excluding hydrogens is 360 g/mol. The molecule has 1 heterocycles. The van der Waals surface area contributed by atoms with Crippen molar-refractivity contribution < 1.29 is 13.2 Å². The first-order chi connectivity index (χ1) is 11.9. The fourth-order valence-corrected chi connectivity index (χ4v) is 4.24. The number of halogens is 1. The minimum Gasteiger partial charge on any atom is -0.370 e. The van der Waals surface area contributed by atoms with Gasteiger partial charge >= 0.3 is 0 Å². The summed E-state index contributed by atoms with van der Waals surface area (Å²) in [6.45, 7) is 1.93. The molecule has 1 fully saturated rings. The molecule has 0 unspecified atom stereocenters. The highest BCUT2D eigenvalue weighted by Crippen LogP contribution is 2.29. The summed E-state index contributed by atoms with van der Waals surface area (Å²) in [6.07, 6.45) is 3.34. The summed E-state index contributed by atoms with van der Waals surface area (Å²) in [5, 5.41) is 2.99. The van der Waals surface area contributed by atoms with E-state index in [1.54, 1.807) is 0 Å². The normalized spacial score (nSPS) is 14.6. The van der Waals surface area contributed by atoms with E-state index in [0.717, 1.165) is 37.9 Å². The SMILES string of the molecule is CS(=O)(=O)c1cc(C(=O)Nc2ccccc2N2CCCC2)ccc1Cl. The van der Waals surface area contributed by atoms with Crippen molar-refractivity contribution in [2.24, 2.45) is 0 Å². The summed E-state index contributed by atoms with van der Waals surface area (Å²) in [5.41, 5.74) is 1.94. The highest BCUT2D eigenvalue weighted by Gasteiger charge is 2.19. The predicted molar refractivity (Wildman–Crippen MR) is 100 cm³/mol. The van der Waals surface area contributed by atoms with Gasteiger partial charge in [0.05, 0.1) is 21.3 Å². The second kappa shape index (κ2) is 7.06. The van der Waals surface area contributed by atoms with Gasteiger partial charge in [0.1, 0.15) is 0 Å². The van der Waals surface area contributed by atoms with Gasteiger partial charge in [-0.2, -0.15) is 0 Å². The van der Waals surface area contributed by atoms with Crippen LogP contribution in [-0.2, 0) is 9.84 Å². The van der Waals surface area contributed by atoms with Gasteiger partial charge in [0, 0.05) is 24.9 Å². The molecule has 1 saturated heterocycles. The van der Waals surface area contributed by atoms with Crippen molar-refractivity contribution in [1.82, 2.24) is 0 Å². The number of nitrogens with zero attached hydrogens (tertiary/aromatic N) is 1. The number of para-hydroxylation sites is 2. The fraction of sp³-hybridized carbons (Fsp3) is 0.278. The topological polar surface area (TPSA) is 66.5 Å². The van der Waals surface area contributed by atoms with Crippen molar-refractivity contribution in [3.05, 3.63) is 53.1 Å².